The molecule has 0 aliphatic rings. The van der Waals surface area contributed by atoms with Crippen LogP contribution in [-0.4, -0.2) is 9.97 Å². The van der Waals surface area contributed by atoms with Crippen LogP contribution in [0.3, 0.4) is 0 Å². The molecular weight excluding hydrogens is 186 g/mol. The zero-order valence-electron chi connectivity index (χ0n) is 7.30. The summed E-state index contributed by atoms with van der Waals surface area (Å²) in [5.74, 6) is -0.531. The molecule has 1 N–H and O–H groups in total. The van der Waals surface area contributed by atoms with Crippen molar-refractivity contribution in [2.45, 2.75) is 6.42 Å². The second-order valence-corrected chi connectivity index (χ2v) is 2.91. The molecule has 0 amide bonds. The van der Waals surface area contributed by atoms with Gasteiger partial charge in [0.1, 0.15) is 17.5 Å². The van der Waals surface area contributed by atoms with E-state index in [1.165, 1.54) is 18.2 Å². The van der Waals surface area contributed by atoms with E-state index in [2.05, 4.69) is 9.97 Å². The molecule has 72 valence electrons. The van der Waals surface area contributed by atoms with Gasteiger partial charge in [0.25, 0.3) is 0 Å². The Hall–Kier alpha value is -1.71. The molecule has 0 radical (unpaired) electrons. The first-order valence-electron chi connectivity index (χ1n) is 4.18. The topological polar surface area (TPSA) is 28.7 Å². The van der Waals surface area contributed by atoms with Crippen molar-refractivity contribution < 1.29 is 8.78 Å². The number of H-pyrrole nitrogens is 1. The van der Waals surface area contributed by atoms with Crippen molar-refractivity contribution in [3.8, 4) is 0 Å². The molecule has 1 aromatic heterocycles. The lowest BCUT2D eigenvalue weighted by Gasteiger charge is -2.01. The normalized spacial score (nSPS) is 10.4. The van der Waals surface area contributed by atoms with Gasteiger partial charge in [0, 0.05) is 24.4 Å². The number of rotatable bonds is 2. The zero-order chi connectivity index (χ0) is 9.97. The smallest absolute Gasteiger partial charge is 0.129 e. The summed E-state index contributed by atoms with van der Waals surface area (Å²) in [6.07, 6.45) is 3.31. The highest BCUT2D eigenvalue weighted by Gasteiger charge is 2.09. The van der Waals surface area contributed by atoms with E-state index in [0.717, 1.165) is 0 Å². The monoisotopic (exact) mass is 194 g/mol. The summed E-state index contributed by atoms with van der Waals surface area (Å²) in [5, 5.41) is 0. The predicted octanol–water partition coefficient (Wildman–Crippen LogP) is 2.28. The average molecular weight is 194 g/mol. The highest BCUT2D eigenvalue weighted by Crippen LogP contribution is 2.14. The Kier molecular flexibility index (Phi) is 2.26. The van der Waals surface area contributed by atoms with Gasteiger partial charge >= 0.3 is 0 Å². The van der Waals surface area contributed by atoms with Crippen LogP contribution >= 0.6 is 0 Å². The molecule has 2 aromatic rings. The average Bonchev–Trinajstić information content (AvgIpc) is 2.64. The van der Waals surface area contributed by atoms with E-state index in [1.807, 2.05) is 0 Å². The third kappa shape index (κ3) is 1.64. The number of nitrogens with zero attached hydrogens (tertiary/aromatic N) is 1. The molecule has 2 rings (SSSR count). The van der Waals surface area contributed by atoms with Gasteiger partial charge in [0.05, 0.1) is 0 Å². The van der Waals surface area contributed by atoms with Crippen molar-refractivity contribution in [2.75, 3.05) is 0 Å². The van der Waals surface area contributed by atoms with Crippen LogP contribution < -0.4 is 0 Å². The van der Waals surface area contributed by atoms with Crippen molar-refractivity contribution >= 4 is 0 Å². The van der Waals surface area contributed by atoms with E-state index in [9.17, 15) is 8.78 Å². The number of hydrogen-bond donors (Lipinski definition) is 1. The van der Waals surface area contributed by atoms with Gasteiger partial charge in [-0.1, -0.05) is 6.07 Å². The second-order valence-electron chi connectivity index (χ2n) is 2.91. The third-order valence-corrected chi connectivity index (χ3v) is 1.96. The number of halogens is 2. The summed E-state index contributed by atoms with van der Waals surface area (Å²) < 4.78 is 26.3. The fraction of sp³-hybridized carbons (Fsp3) is 0.100. The lowest BCUT2D eigenvalue weighted by atomic mass is 10.1. The first kappa shape index (κ1) is 8.87. The van der Waals surface area contributed by atoms with Crippen LogP contribution in [0.25, 0.3) is 0 Å². The molecule has 1 aromatic carbocycles. The van der Waals surface area contributed by atoms with Gasteiger partial charge in [0.15, 0.2) is 0 Å². The number of aromatic amines is 1. The van der Waals surface area contributed by atoms with Crippen LogP contribution in [0.4, 0.5) is 8.78 Å². The van der Waals surface area contributed by atoms with Gasteiger partial charge in [0.2, 0.25) is 0 Å². The fourth-order valence-electron chi connectivity index (χ4n) is 1.26. The molecule has 0 aliphatic carbocycles. The van der Waals surface area contributed by atoms with Crippen LogP contribution in [0.2, 0.25) is 0 Å². The number of benzene rings is 1. The molecule has 1 heterocycles. The minimum Gasteiger partial charge on any atom is -0.348 e. The number of aromatic nitrogens is 2. The Balaban J connectivity index is 2.33. The van der Waals surface area contributed by atoms with Crippen molar-refractivity contribution in [3.05, 3.63) is 53.6 Å². The SMILES string of the molecule is Fc1cccc(F)c1Cc1ncc[nH]1. The summed E-state index contributed by atoms with van der Waals surface area (Å²) in [6, 6.07) is 3.82. The van der Waals surface area contributed by atoms with Crippen molar-refractivity contribution in [1.29, 1.82) is 0 Å². The van der Waals surface area contributed by atoms with Gasteiger partial charge in [-0.25, -0.2) is 13.8 Å². The highest BCUT2D eigenvalue weighted by atomic mass is 19.1. The van der Waals surface area contributed by atoms with E-state index < -0.39 is 11.6 Å². The van der Waals surface area contributed by atoms with E-state index in [1.54, 1.807) is 12.4 Å². The van der Waals surface area contributed by atoms with Gasteiger partial charge in [-0.2, -0.15) is 0 Å². The first-order valence-corrected chi connectivity index (χ1v) is 4.18. The van der Waals surface area contributed by atoms with E-state index in [-0.39, 0.29) is 12.0 Å². The molecular formula is C10H8F2N2. The Morgan fingerprint density at radius 1 is 1.21 bits per heavy atom. The van der Waals surface area contributed by atoms with Gasteiger partial charge < -0.3 is 4.98 Å². The van der Waals surface area contributed by atoms with Crippen LogP contribution in [0.5, 0.6) is 0 Å². The van der Waals surface area contributed by atoms with Crippen molar-refractivity contribution in [1.82, 2.24) is 9.97 Å². The van der Waals surface area contributed by atoms with Gasteiger partial charge in [-0.15, -0.1) is 0 Å². The molecule has 0 unspecified atom stereocenters. The predicted molar refractivity (Wildman–Crippen MR) is 47.8 cm³/mol. The molecule has 0 aliphatic heterocycles. The fourth-order valence-corrected chi connectivity index (χ4v) is 1.26. The van der Waals surface area contributed by atoms with Gasteiger partial charge in [-0.3, -0.25) is 0 Å². The number of nitrogens with one attached hydrogen (secondary N) is 1. The van der Waals surface area contributed by atoms with Crippen LogP contribution in [0.1, 0.15) is 11.4 Å². The first-order chi connectivity index (χ1) is 6.77. The van der Waals surface area contributed by atoms with Crippen molar-refractivity contribution in [3.63, 3.8) is 0 Å². The van der Waals surface area contributed by atoms with E-state index in [4.69, 9.17) is 0 Å². The number of imidazole rings is 1. The Labute approximate surface area is 79.6 Å². The third-order valence-electron chi connectivity index (χ3n) is 1.96. The Morgan fingerprint density at radius 3 is 2.50 bits per heavy atom. The zero-order valence-corrected chi connectivity index (χ0v) is 7.30. The largest absolute Gasteiger partial charge is 0.348 e. The summed E-state index contributed by atoms with van der Waals surface area (Å²) in [5.41, 5.74) is 0.0439. The van der Waals surface area contributed by atoms with Crippen LogP contribution in [0, 0.1) is 11.6 Å². The minimum atomic E-state index is -0.540. The van der Waals surface area contributed by atoms with Crippen LogP contribution in [-0.2, 0) is 6.42 Å². The molecule has 14 heavy (non-hydrogen) atoms. The lowest BCUT2D eigenvalue weighted by Crippen LogP contribution is -1.98. The standard InChI is InChI=1S/C10H8F2N2/c11-8-2-1-3-9(12)7(8)6-10-13-4-5-14-10/h1-5H,6H2,(H,13,14). The molecule has 0 fully saturated rings. The summed E-state index contributed by atoms with van der Waals surface area (Å²) in [6.45, 7) is 0. The molecule has 0 saturated heterocycles. The molecule has 0 saturated carbocycles. The van der Waals surface area contributed by atoms with Crippen LogP contribution in [0.15, 0.2) is 30.6 Å². The maximum Gasteiger partial charge on any atom is 0.129 e. The van der Waals surface area contributed by atoms with Crippen molar-refractivity contribution in [2.24, 2.45) is 0 Å². The molecule has 0 atom stereocenters. The maximum atomic E-state index is 13.2. The summed E-state index contributed by atoms with van der Waals surface area (Å²) in [4.78, 5) is 6.70. The second kappa shape index (κ2) is 3.57. The Bertz CT molecular complexity index is 403. The minimum absolute atomic E-state index is 0.0439. The summed E-state index contributed by atoms with van der Waals surface area (Å²) >= 11 is 0. The Morgan fingerprint density at radius 2 is 1.93 bits per heavy atom. The molecule has 4 heteroatoms. The van der Waals surface area contributed by atoms with Gasteiger partial charge in [-0.05, 0) is 12.1 Å². The molecule has 2 nitrogen and oxygen atoms in total. The number of hydrogen-bond acceptors (Lipinski definition) is 1. The molecule has 0 spiro atoms. The maximum absolute atomic E-state index is 13.2. The molecule has 0 bridgehead atoms. The van der Waals surface area contributed by atoms with E-state index >= 15 is 0 Å². The van der Waals surface area contributed by atoms with E-state index in [0.29, 0.717) is 5.82 Å². The summed E-state index contributed by atoms with van der Waals surface area (Å²) in [7, 11) is 0. The quantitative estimate of drug-likeness (QED) is 0.780. The lowest BCUT2D eigenvalue weighted by molar-refractivity contribution is 0.559. The highest BCUT2D eigenvalue weighted by molar-refractivity contribution is 5.22.